The molecule has 2 rings (SSSR count). The highest BCUT2D eigenvalue weighted by Crippen LogP contribution is 2.15. The van der Waals surface area contributed by atoms with E-state index in [1.807, 2.05) is 42.7 Å². The van der Waals surface area contributed by atoms with Crippen molar-refractivity contribution in [3.05, 3.63) is 65.5 Å². The van der Waals surface area contributed by atoms with Crippen molar-refractivity contribution in [2.45, 2.75) is 19.9 Å². The third kappa shape index (κ3) is 3.25. The number of rotatable bonds is 3. The molecule has 0 aliphatic heterocycles. The molecule has 1 unspecified atom stereocenters. The van der Waals surface area contributed by atoms with E-state index in [1.165, 1.54) is 11.1 Å². The Bertz CT molecular complexity index is 503. The molecule has 2 nitrogen and oxygen atoms in total. The lowest BCUT2D eigenvalue weighted by atomic mass is 10.1. The van der Waals surface area contributed by atoms with Crippen molar-refractivity contribution in [3.8, 4) is 0 Å². The number of aromatic nitrogens is 1. The normalized spacial score (nSPS) is 12.8. The van der Waals surface area contributed by atoms with Crippen LogP contribution >= 0.6 is 0 Å². The van der Waals surface area contributed by atoms with Crippen molar-refractivity contribution in [3.63, 3.8) is 0 Å². The second-order valence-corrected chi connectivity index (χ2v) is 4.12. The maximum atomic E-state index is 4.52. The van der Waals surface area contributed by atoms with Crippen molar-refractivity contribution in [2.75, 3.05) is 0 Å². The van der Waals surface area contributed by atoms with Gasteiger partial charge in [-0.25, -0.2) is 0 Å². The third-order valence-electron chi connectivity index (χ3n) is 2.65. The molecule has 0 saturated heterocycles. The van der Waals surface area contributed by atoms with Crippen LogP contribution in [0.25, 0.3) is 0 Å². The Kier molecular flexibility index (Phi) is 3.66. The van der Waals surface area contributed by atoms with Crippen LogP contribution in [0, 0.1) is 6.92 Å². The van der Waals surface area contributed by atoms with Crippen LogP contribution in [-0.4, -0.2) is 11.2 Å². The van der Waals surface area contributed by atoms with Crippen LogP contribution in [0.3, 0.4) is 0 Å². The van der Waals surface area contributed by atoms with E-state index in [9.17, 15) is 0 Å². The van der Waals surface area contributed by atoms with Gasteiger partial charge in [-0.05, 0) is 37.1 Å². The molecular formula is C15H16N2. The maximum absolute atomic E-state index is 4.52. The van der Waals surface area contributed by atoms with Crippen LogP contribution in [0.5, 0.6) is 0 Å². The zero-order valence-electron chi connectivity index (χ0n) is 10.2. The summed E-state index contributed by atoms with van der Waals surface area (Å²) < 4.78 is 0. The van der Waals surface area contributed by atoms with Gasteiger partial charge in [-0.2, -0.15) is 0 Å². The summed E-state index contributed by atoms with van der Waals surface area (Å²) in [5, 5.41) is 0. The summed E-state index contributed by atoms with van der Waals surface area (Å²) in [5.41, 5.74) is 3.33. The van der Waals surface area contributed by atoms with Crippen molar-refractivity contribution >= 4 is 6.21 Å². The van der Waals surface area contributed by atoms with E-state index >= 15 is 0 Å². The van der Waals surface area contributed by atoms with Crippen LogP contribution in [0.1, 0.15) is 29.8 Å². The first kappa shape index (κ1) is 11.5. The highest BCUT2D eigenvalue weighted by molar-refractivity contribution is 5.77. The maximum Gasteiger partial charge on any atom is 0.0810 e. The lowest BCUT2D eigenvalue weighted by Gasteiger charge is -2.05. The van der Waals surface area contributed by atoms with E-state index in [0.29, 0.717) is 0 Å². The molecule has 1 atom stereocenters. The standard InChI is InChI=1S/C15H16N2/c1-12-8-9-16-15(10-12)11-17-13(2)14-6-4-3-5-7-14/h3-11,13H,1-2H3. The number of benzene rings is 1. The molecular weight excluding hydrogens is 208 g/mol. The summed E-state index contributed by atoms with van der Waals surface area (Å²) in [7, 11) is 0. The lowest BCUT2D eigenvalue weighted by molar-refractivity contribution is 0.824. The molecule has 1 heterocycles. The Hall–Kier alpha value is -1.96. The molecule has 17 heavy (non-hydrogen) atoms. The van der Waals surface area contributed by atoms with Crippen LogP contribution < -0.4 is 0 Å². The smallest absolute Gasteiger partial charge is 0.0810 e. The zero-order chi connectivity index (χ0) is 12.1. The molecule has 86 valence electrons. The molecule has 0 bridgehead atoms. The molecule has 0 fully saturated rings. The monoisotopic (exact) mass is 224 g/mol. The molecule has 1 aromatic heterocycles. The fourth-order valence-electron chi connectivity index (χ4n) is 1.64. The van der Waals surface area contributed by atoms with Gasteiger partial charge in [-0.1, -0.05) is 30.3 Å². The Morgan fingerprint density at radius 1 is 1.18 bits per heavy atom. The van der Waals surface area contributed by atoms with Crippen LogP contribution in [0.15, 0.2) is 53.7 Å². The van der Waals surface area contributed by atoms with Crippen molar-refractivity contribution in [1.29, 1.82) is 0 Å². The molecule has 0 radical (unpaired) electrons. The third-order valence-corrected chi connectivity index (χ3v) is 2.65. The molecule has 0 spiro atoms. The van der Waals surface area contributed by atoms with E-state index < -0.39 is 0 Å². The van der Waals surface area contributed by atoms with Crippen LogP contribution in [0.4, 0.5) is 0 Å². The van der Waals surface area contributed by atoms with Gasteiger partial charge in [0.25, 0.3) is 0 Å². The molecule has 2 heteroatoms. The number of aryl methyl sites for hydroxylation is 1. The van der Waals surface area contributed by atoms with Gasteiger partial charge in [0.1, 0.15) is 0 Å². The average molecular weight is 224 g/mol. The Labute approximate surface area is 102 Å². The molecule has 0 aliphatic carbocycles. The average Bonchev–Trinajstić information content (AvgIpc) is 2.37. The van der Waals surface area contributed by atoms with E-state index in [4.69, 9.17) is 0 Å². The number of hydrogen-bond donors (Lipinski definition) is 0. The van der Waals surface area contributed by atoms with E-state index in [2.05, 4.69) is 36.0 Å². The highest BCUT2D eigenvalue weighted by Gasteiger charge is 2.00. The summed E-state index contributed by atoms with van der Waals surface area (Å²) >= 11 is 0. The Morgan fingerprint density at radius 2 is 1.94 bits per heavy atom. The molecule has 0 aliphatic rings. The van der Waals surface area contributed by atoms with Crippen molar-refractivity contribution in [2.24, 2.45) is 4.99 Å². The molecule has 0 N–H and O–H groups in total. The van der Waals surface area contributed by atoms with E-state index in [-0.39, 0.29) is 6.04 Å². The first-order valence-electron chi connectivity index (χ1n) is 5.76. The van der Waals surface area contributed by atoms with E-state index in [0.717, 1.165) is 5.69 Å². The predicted octanol–water partition coefficient (Wildman–Crippen LogP) is 3.57. The molecule has 0 saturated carbocycles. The number of hydrogen-bond acceptors (Lipinski definition) is 2. The molecule has 1 aromatic carbocycles. The lowest BCUT2D eigenvalue weighted by Crippen LogP contribution is -1.92. The quantitative estimate of drug-likeness (QED) is 0.732. The van der Waals surface area contributed by atoms with Gasteiger partial charge in [-0.15, -0.1) is 0 Å². The topological polar surface area (TPSA) is 25.2 Å². The predicted molar refractivity (Wildman–Crippen MR) is 71.4 cm³/mol. The molecule has 0 amide bonds. The highest BCUT2D eigenvalue weighted by atomic mass is 14.8. The van der Waals surface area contributed by atoms with Crippen molar-refractivity contribution < 1.29 is 0 Å². The summed E-state index contributed by atoms with van der Waals surface area (Å²) in [6.45, 7) is 4.14. The van der Waals surface area contributed by atoms with E-state index in [1.54, 1.807) is 0 Å². The second-order valence-electron chi connectivity index (χ2n) is 4.12. The SMILES string of the molecule is Cc1ccnc(C=NC(C)c2ccccc2)c1. The van der Waals surface area contributed by atoms with Gasteiger partial charge in [0.2, 0.25) is 0 Å². The second kappa shape index (κ2) is 5.39. The number of pyridine rings is 1. The Morgan fingerprint density at radius 3 is 2.65 bits per heavy atom. The van der Waals surface area contributed by atoms with Gasteiger partial charge in [0.05, 0.1) is 11.7 Å². The van der Waals surface area contributed by atoms with Gasteiger partial charge in [0.15, 0.2) is 0 Å². The Balaban J connectivity index is 2.11. The zero-order valence-corrected chi connectivity index (χ0v) is 10.2. The minimum atomic E-state index is 0.165. The van der Waals surface area contributed by atoms with Gasteiger partial charge < -0.3 is 0 Å². The molecule has 2 aromatic rings. The summed E-state index contributed by atoms with van der Waals surface area (Å²) in [6.07, 6.45) is 3.65. The fourth-order valence-corrected chi connectivity index (χ4v) is 1.64. The first-order valence-corrected chi connectivity index (χ1v) is 5.76. The van der Waals surface area contributed by atoms with Gasteiger partial charge >= 0.3 is 0 Å². The summed E-state index contributed by atoms with van der Waals surface area (Å²) in [5.74, 6) is 0. The number of nitrogens with zero attached hydrogens (tertiary/aromatic N) is 2. The largest absolute Gasteiger partial charge is 0.283 e. The fraction of sp³-hybridized carbons (Fsp3) is 0.200. The minimum Gasteiger partial charge on any atom is -0.283 e. The van der Waals surface area contributed by atoms with Crippen molar-refractivity contribution in [1.82, 2.24) is 4.98 Å². The first-order chi connectivity index (χ1) is 8.25. The van der Waals surface area contributed by atoms with Crippen LogP contribution in [0.2, 0.25) is 0 Å². The van der Waals surface area contributed by atoms with Gasteiger partial charge in [-0.3, -0.25) is 9.98 Å². The number of aliphatic imine (C=N–C) groups is 1. The summed E-state index contributed by atoms with van der Waals surface area (Å²) in [6, 6.07) is 14.4. The van der Waals surface area contributed by atoms with Gasteiger partial charge in [0, 0.05) is 12.4 Å². The van der Waals surface area contributed by atoms with Crippen LogP contribution in [-0.2, 0) is 0 Å². The summed E-state index contributed by atoms with van der Waals surface area (Å²) in [4.78, 5) is 8.77. The minimum absolute atomic E-state index is 0.165.